The molecule has 0 atom stereocenters. The summed E-state index contributed by atoms with van der Waals surface area (Å²) in [5.74, 6) is 1.32. The molecule has 0 bridgehead atoms. The maximum Gasteiger partial charge on any atom is 0.105 e. The monoisotopic (exact) mass is 228 g/mol. The van der Waals surface area contributed by atoms with Crippen molar-refractivity contribution >= 4 is 11.8 Å². The molecule has 0 aromatic rings. The third-order valence-electron chi connectivity index (χ3n) is 1.29. The molecule has 0 heterocycles. The molecule has 0 radical (unpaired) electrons. The number of aliphatic hydroxyl groups excluding tert-OH is 1. The lowest BCUT2D eigenvalue weighted by molar-refractivity contribution is -0.00000311. The van der Waals surface area contributed by atoms with Crippen LogP contribution in [-0.2, 0) is 11.8 Å². The van der Waals surface area contributed by atoms with Crippen molar-refractivity contribution < 1.29 is 22.1 Å². The van der Waals surface area contributed by atoms with Gasteiger partial charge in [-0.3, -0.25) is 0 Å². The second-order valence-electron chi connectivity index (χ2n) is 2.18. The standard InChI is InChI=1S/C7H16OS.BrH/c1-9-7-5-3-2-4-6-8;/h8H,2-7H2,1H3;1H. The topological polar surface area (TPSA) is 20.2 Å². The molecule has 1 N–H and O–H groups in total. The average molecular weight is 229 g/mol. The molecular weight excluding hydrogens is 212 g/mol. The summed E-state index contributed by atoms with van der Waals surface area (Å²) in [5, 5.41) is 8.42. The van der Waals surface area contributed by atoms with Crippen molar-refractivity contribution in [2.75, 3.05) is 18.6 Å². The van der Waals surface area contributed by atoms with Crippen LogP contribution in [0.3, 0.4) is 0 Å². The smallest absolute Gasteiger partial charge is 0.105 e. The number of aliphatic hydroxyl groups is 1. The van der Waals surface area contributed by atoms with E-state index < -0.39 is 0 Å². The van der Waals surface area contributed by atoms with Gasteiger partial charge < -0.3 is 22.1 Å². The minimum atomic E-state index is 0. The van der Waals surface area contributed by atoms with Crippen molar-refractivity contribution in [1.82, 2.24) is 0 Å². The van der Waals surface area contributed by atoms with E-state index in [-0.39, 0.29) is 17.0 Å². The highest BCUT2D eigenvalue weighted by molar-refractivity contribution is 7.77. The molecule has 0 saturated carbocycles. The molecule has 64 valence electrons. The summed E-state index contributed by atoms with van der Waals surface area (Å²) in [6, 6.07) is 0. The van der Waals surface area contributed by atoms with Gasteiger partial charge in [0, 0.05) is 6.61 Å². The minimum Gasteiger partial charge on any atom is -1.00 e. The number of unbranched alkanes of at least 4 members (excludes halogenated alkanes) is 3. The van der Waals surface area contributed by atoms with Gasteiger partial charge in [0.15, 0.2) is 0 Å². The molecule has 0 saturated heterocycles. The molecule has 0 amide bonds. The molecule has 10 heavy (non-hydrogen) atoms. The highest BCUT2D eigenvalue weighted by atomic mass is 79.9. The Hall–Kier alpha value is 0.790. The quantitative estimate of drug-likeness (QED) is 0.317. The van der Waals surface area contributed by atoms with E-state index in [1.165, 1.54) is 36.8 Å². The van der Waals surface area contributed by atoms with Crippen molar-refractivity contribution in [1.29, 1.82) is 0 Å². The average Bonchev–Trinajstić information content (AvgIpc) is 1.89. The summed E-state index contributed by atoms with van der Waals surface area (Å²) in [6.07, 6.45) is 7.00. The molecule has 3 heteroatoms. The molecule has 0 rings (SSSR count). The fourth-order valence-corrected chi connectivity index (χ4v) is 1.28. The van der Waals surface area contributed by atoms with Crippen molar-refractivity contribution in [3.63, 3.8) is 0 Å². The summed E-state index contributed by atoms with van der Waals surface area (Å²) in [7, 11) is 0. The van der Waals surface area contributed by atoms with Crippen molar-refractivity contribution in [3.8, 4) is 0 Å². The van der Waals surface area contributed by atoms with Crippen LogP contribution in [0.2, 0.25) is 0 Å². The molecule has 1 nitrogen and oxygen atoms in total. The lowest BCUT2D eigenvalue weighted by Gasteiger charge is -1.92. The molecule has 0 aliphatic carbocycles. The molecular formula is C7H17BrOS. The Kier molecular flexibility index (Phi) is 16.7. The zero-order valence-electron chi connectivity index (χ0n) is 6.52. The maximum atomic E-state index is 8.42. The Morgan fingerprint density at radius 1 is 1.10 bits per heavy atom. The highest BCUT2D eigenvalue weighted by Gasteiger charge is 1.90. The van der Waals surface area contributed by atoms with E-state index in [0.717, 1.165) is 6.42 Å². The fourth-order valence-electron chi connectivity index (χ4n) is 0.735. The highest BCUT2D eigenvalue weighted by Crippen LogP contribution is 1.98. The van der Waals surface area contributed by atoms with Gasteiger partial charge >= 0.3 is 0 Å². The minimum absolute atomic E-state index is 0. The predicted octanol–water partition coefficient (Wildman–Crippen LogP) is -2.01. The molecule has 0 aromatic carbocycles. The Bertz CT molecular complexity index is 46.9. The summed E-state index contributed by atoms with van der Waals surface area (Å²) in [5.41, 5.74) is 0. The van der Waals surface area contributed by atoms with Gasteiger partial charge in [-0.1, -0.05) is 6.42 Å². The van der Waals surface area contributed by atoms with Crippen molar-refractivity contribution in [2.24, 2.45) is 0 Å². The van der Waals surface area contributed by atoms with Crippen LogP contribution in [0.4, 0.5) is 0 Å². The second-order valence-corrected chi connectivity index (χ2v) is 3.26. The van der Waals surface area contributed by atoms with Crippen molar-refractivity contribution in [3.05, 3.63) is 0 Å². The molecule has 0 aliphatic rings. The molecule has 0 unspecified atom stereocenters. The Morgan fingerprint density at radius 2 is 1.70 bits per heavy atom. The number of hydrogen-bond acceptors (Lipinski definition) is 1. The number of hydrogen-bond donors (Lipinski definition) is 1. The van der Waals surface area contributed by atoms with Gasteiger partial charge in [0.25, 0.3) is 0 Å². The molecule has 0 fully saturated rings. The SMILES string of the molecule is C[SH+]CCCCCCO.[Br-]. The summed E-state index contributed by atoms with van der Waals surface area (Å²) in [4.78, 5) is 0. The third kappa shape index (κ3) is 11.6. The van der Waals surface area contributed by atoms with Crippen LogP contribution in [-0.4, -0.2) is 23.7 Å². The normalized spacial score (nSPS) is 9.00. The van der Waals surface area contributed by atoms with Crippen LogP contribution in [0.5, 0.6) is 0 Å². The van der Waals surface area contributed by atoms with Crippen LogP contribution in [0.15, 0.2) is 0 Å². The molecule has 0 spiro atoms. The number of halogens is 1. The van der Waals surface area contributed by atoms with Gasteiger partial charge in [0.2, 0.25) is 0 Å². The fraction of sp³-hybridized carbons (Fsp3) is 1.00. The first kappa shape index (κ1) is 13.4. The zero-order valence-corrected chi connectivity index (χ0v) is 9.00. The summed E-state index contributed by atoms with van der Waals surface area (Å²) >= 11 is 1.50. The van der Waals surface area contributed by atoms with Crippen LogP contribution in [0, 0.1) is 0 Å². The van der Waals surface area contributed by atoms with Crippen LogP contribution in [0.25, 0.3) is 0 Å². The molecule has 0 aliphatic heterocycles. The third-order valence-corrected chi connectivity index (χ3v) is 2.05. The van der Waals surface area contributed by atoms with E-state index in [4.69, 9.17) is 5.11 Å². The van der Waals surface area contributed by atoms with Gasteiger partial charge in [-0.25, -0.2) is 0 Å². The van der Waals surface area contributed by atoms with Gasteiger partial charge in [0.05, 0.1) is 6.26 Å². The van der Waals surface area contributed by atoms with Crippen LogP contribution >= 0.6 is 0 Å². The Balaban J connectivity index is 0. The van der Waals surface area contributed by atoms with E-state index in [2.05, 4.69) is 6.26 Å². The Labute approximate surface area is 78.4 Å². The van der Waals surface area contributed by atoms with E-state index >= 15 is 0 Å². The van der Waals surface area contributed by atoms with E-state index in [1.807, 2.05) is 0 Å². The zero-order chi connectivity index (χ0) is 6.95. The van der Waals surface area contributed by atoms with Gasteiger partial charge in [-0.2, -0.15) is 0 Å². The first-order chi connectivity index (χ1) is 4.41. The number of rotatable bonds is 6. The van der Waals surface area contributed by atoms with E-state index in [0.29, 0.717) is 6.61 Å². The van der Waals surface area contributed by atoms with Gasteiger partial charge in [-0.15, -0.1) is 0 Å². The number of thiol groups is 1. The maximum absolute atomic E-state index is 8.42. The second kappa shape index (κ2) is 12.5. The van der Waals surface area contributed by atoms with Crippen molar-refractivity contribution in [2.45, 2.75) is 25.7 Å². The first-order valence-corrected chi connectivity index (χ1v) is 5.11. The Morgan fingerprint density at radius 3 is 2.20 bits per heavy atom. The van der Waals surface area contributed by atoms with Gasteiger partial charge in [0.1, 0.15) is 5.75 Å². The van der Waals surface area contributed by atoms with Crippen LogP contribution in [0.1, 0.15) is 25.7 Å². The summed E-state index contributed by atoms with van der Waals surface area (Å²) in [6.45, 7) is 0.365. The lowest BCUT2D eigenvalue weighted by Crippen LogP contribution is -3.00. The predicted molar refractivity (Wildman–Crippen MR) is 45.1 cm³/mol. The van der Waals surface area contributed by atoms with E-state index in [1.54, 1.807) is 0 Å². The van der Waals surface area contributed by atoms with E-state index in [9.17, 15) is 0 Å². The summed E-state index contributed by atoms with van der Waals surface area (Å²) < 4.78 is 0. The largest absolute Gasteiger partial charge is 1.00 e. The lowest BCUT2D eigenvalue weighted by atomic mass is 10.2. The first-order valence-electron chi connectivity index (χ1n) is 3.58. The molecule has 0 aromatic heterocycles. The van der Waals surface area contributed by atoms with Gasteiger partial charge in [-0.05, 0) is 31.0 Å². The van der Waals surface area contributed by atoms with Crippen LogP contribution < -0.4 is 17.0 Å².